The van der Waals surface area contributed by atoms with Crippen molar-refractivity contribution < 1.29 is 9.47 Å². The molecule has 0 spiro atoms. The summed E-state index contributed by atoms with van der Waals surface area (Å²) in [5.41, 5.74) is 2.90. The first-order valence-electron chi connectivity index (χ1n) is 6.90. The molecule has 126 valence electrons. The number of nitrogens with zero attached hydrogens (tertiary/aromatic N) is 1. The Hall–Kier alpha value is -1.57. The molecule has 0 fully saturated rings. The summed E-state index contributed by atoms with van der Waals surface area (Å²) in [4.78, 5) is 4.63. The molecule has 0 saturated carbocycles. The largest absolute Gasteiger partial charge is 0.497 e. The van der Waals surface area contributed by atoms with E-state index in [0.717, 1.165) is 38.0 Å². The molecule has 0 aliphatic rings. The third kappa shape index (κ3) is 4.28. The zero-order chi connectivity index (χ0) is 16.2. The summed E-state index contributed by atoms with van der Waals surface area (Å²) in [6.07, 6.45) is 0. The van der Waals surface area contributed by atoms with Gasteiger partial charge in [0.25, 0.3) is 0 Å². The maximum Gasteiger partial charge on any atom is 0.187 e. The van der Waals surface area contributed by atoms with Gasteiger partial charge in [0.1, 0.15) is 11.5 Å². The van der Waals surface area contributed by atoms with E-state index in [0.29, 0.717) is 0 Å². The molecule has 1 heterocycles. The number of rotatable bonds is 5. The van der Waals surface area contributed by atoms with E-state index in [1.165, 1.54) is 0 Å². The van der Waals surface area contributed by atoms with Gasteiger partial charge in [0.15, 0.2) is 5.13 Å². The van der Waals surface area contributed by atoms with Crippen molar-refractivity contribution in [1.82, 2.24) is 4.98 Å². The monoisotopic (exact) mass is 470 g/mol. The normalized spacial score (nSPS) is 9.96. The molecule has 0 saturated heterocycles. The van der Waals surface area contributed by atoms with E-state index < -0.39 is 0 Å². The number of ether oxygens (including phenoxy) is 2. The van der Waals surface area contributed by atoms with Crippen LogP contribution < -0.4 is 14.8 Å². The Morgan fingerprint density at radius 2 is 1.92 bits per heavy atom. The lowest BCUT2D eigenvalue weighted by atomic mass is 10.2. The first kappa shape index (κ1) is 18.8. The van der Waals surface area contributed by atoms with Crippen molar-refractivity contribution in [2.75, 3.05) is 19.5 Å². The standard InChI is InChI=1S/C17H15BrN2O2S.BrH/c1-21-13-5-3-4-12(9-13)19-17-20-15(10-23-17)11-6-7-16(22-2)14(18)8-11;/h3-10H,1-2H3,(H,19,20);1H. The fraction of sp³-hybridized carbons (Fsp3) is 0.118. The molecule has 3 rings (SSSR count). The van der Waals surface area contributed by atoms with E-state index in [1.807, 2.05) is 47.8 Å². The Labute approximate surface area is 163 Å². The van der Waals surface area contributed by atoms with Crippen molar-refractivity contribution in [1.29, 1.82) is 0 Å². The van der Waals surface area contributed by atoms with E-state index in [4.69, 9.17) is 9.47 Å². The van der Waals surface area contributed by atoms with Crippen LogP contribution >= 0.6 is 44.2 Å². The average Bonchev–Trinajstić information content (AvgIpc) is 3.03. The number of thiazole rings is 1. The van der Waals surface area contributed by atoms with Gasteiger partial charge in [-0.15, -0.1) is 28.3 Å². The maximum atomic E-state index is 5.25. The molecule has 2 aromatic carbocycles. The highest BCUT2D eigenvalue weighted by Crippen LogP contribution is 2.33. The molecule has 7 heteroatoms. The van der Waals surface area contributed by atoms with Crippen molar-refractivity contribution in [3.63, 3.8) is 0 Å². The second-order valence-corrected chi connectivity index (χ2v) is 6.46. The van der Waals surface area contributed by atoms with E-state index in [2.05, 4.69) is 26.2 Å². The minimum Gasteiger partial charge on any atom is -0.497 e. The third-order valence-electron chi connectivity index (χ3n) is 3.27. The molecule has 0 aliphatic carbocycles. The Morgan fingerprint density at radius 3 is 2.62 bits per heavy atom. The predicted octanol–water partition coefficient (Wildman–Crippen LogP) is 5.91. The van der Waals surface area contributed by atoms with E-state index >= 15 is 0 Å². The number of hydrogen-bond acceptors (Lipinski definition) is 5. The summed E-state index contributed by atoms with van der Waals surface area (Å²) < 4.78 is 11.4. The van der Waals surface area contributed by atoms with Crippen LogP contribution in [0.2, 0.25) is 0 Å². The van der Waals surface area contributed by atoms with Gasteiger partial charge in [-0.25, -0.2) is 4.98 Å². The van der Waals surface area contributed by atoms with Gasteiger partial charge >= 0.3 is 0 Å². The second kappa shape index (κ2) is 8.50. The number of nitrogens with one attached hydrogen (secondary N) is 1. The topological polar surface area (TPSA) is 43.4 Å². The summed E-state index contributed by atoms with van der Waals surface area (Å²) in [7, 11) is 3.31. The molecule has 0 bridgehead atoms. The van der Waals surface area contributed by atoms with Crippen molar-refractivity contribution in [2.45, 2.75) is 0 Å². The summed E-state index contributed by atoms with van der Waals surface area (Å²) in [5.74, 6) is 1.62. The first-order valence-corrected chi connectivity index (χ1v) is 8.57. The van der Waals surface area contributed by atoms with Crippen LogP contribution in [-0.2, 0) is 0 Å². The number of benzene rings is 2. The molecule has 0 atom stereocenters. The van der Waals surface area contributed by atoms with Gasteiger partial charge in [-0.3, -0.25) is 0 Å². The van der Waals surface area contributed by atoms with E-state index in [9.17, 15) is 0 Å². The summed E-state index contributed by atoms with van der Waals surface area (Å²) in [5, 5.41) is 6.16. The van der Waals surface area contributed by atoms with Gasteiger partial charge < -0.3 is 14.8 Å². The van der Waals surface area contributed by atoms with Gasteiger partial charge in [-0.1, -0.05) is 6.07 Å². The van der Waals surface area contributed by atoms with Crippen LogP contribution in [0.25, 0.3) is 11.3 Å². The number of aromatic nitrogens is 1. The summed E-state index contributed by atoms with van der Waals surface area (Å²) in [6.45, 7) is 0. The number of anilines is 2. The average molecular weight is 472 g/mol. The molecule has 3 aromatic rings. The Kier molecular flexibility index (Phi) is 6.65. The van der Waals surface area contributed by atoms with Gasteiger partial charge in [0, 0.05) is 22.7 Å². The molecule has 1 N–H and O–H groups in total. The first-order chi connectivity index (χ1) is 11.2. The number of methoxy groups -OCH3 is 2. The third-order valence-corrected chi connectivity index (χ3v) is 4.65. The fourth-order valence-corrected chi connectivity index (χ4v) is 3.39. The molecule has 0 radical (unpaired) electrons. The molecular weight excluding hydrogens is 456 g/mol. The second-order valence-electron chi connectivity index (χ2n) is 4.74. The minimum absolute atomic E-state index is 0. The van der Waals surface area contributed by atoms with Crippen LogP contribution in [0.5, 0.6) is 11.5 Å². The molecule has 0 unspecified atom stereocenters. The van der Waals surface area contributed by atoms with Gasteiger partial charge in [-0.05, 0) is 46.3 Å². The Balaban J connectivity index is 0.00000208. The van der Waals surface area contributed by atoms with Crippen LogP contribution in [0.15, 0.2) is 52.3 Å². The number of halogens is 2. The predicted molar refractivity (Wildman–Crippen MR) is 108 cm³/mol. The molecule has 0 amide bonds. The highest BCUT2D eigenvalue weighted by Gasteiger charge is 2.08. The minimum atomic E-state index is 0. The van der Waals surface area contributed by atoms with Crippen molar-refractivity contribution >= 4 is 55.1 Å². The van der Waals surface area contributed by atoms with Crippen molar-refractivity contribution in [2.24, 2.45) is 0 Å². The Bertz CT molecular complexity index is 824. The quantitative estimate of drug-likeness (QED) is 0.502. The Morgan fingerprint density at radius 1 is 1.08 bits per heavy atom. The van der Waals surface area contributed by atoms with E-state index in [1.54, 1.807) is 25.6 Å². The highest BCUT2D eigenvalue weighted by atomic mass is 79.9. The summed E-state index contributed by atoms with van der Waals surface area (Å²) in [6, 6.07) is 13.7. The van der Waals surface area contributed by atoms with Crippen molar-refractivity contribution in [3.05, 3.63) is 52.3 Å². The smallest absolute Gasteiger partial charge is 0.187 e. The van der Waals surface area contributed by atoms with Crippen LogP contribution in [0.1, 0.15) is 0 Å². The zero-order valence-corrected chi connectivity index (χ0v) is 17.2. The fourth-order valence-electron chi connectivity index (χ4n) is 2.11. The van der Waals surface area contributed by atoms with Crippen LogP contribution in [-0.4, -0.2) is 19.2 Å². The number of hydrogen-bond donors (Lipinski definition) is 1. The maximum absolute atomic E-state index is 5.25. The van der Waals surface area contributed by atoms with E-state index in [-0.39, 0.29) is 17.0 Å². The molecule has 0 aliphatic heterocycles. The van der Waals surface area contributed by atoms with Gasteiger partial charge in [-0.2, -0.15) is 0 Å². The molecule has 24 heavy (non-hydrogen) atoms. The summed E-state index contributed by atoms with van der Waals surface area (Å²) >= 11 is 5.06. The molecular formula is C17H16Br2N2O2S. The highest BCUT2D eigenvalue weighted by molar-refractivity contribution is 9.10. The molecule has 4 nitrogen and oxygen atoms in total. The lowest BCUT2D eigenvalue weighted by Gasteiger charge is -2.05. The molecule has 1 aromatic heterocycles. The van der Waals surface area contributed by atoms with Crippen LogP contribution in [0.3, 0.4) is 0 Å². The van der Waals surface area contributed by atoms with Gasteiger partial charge in [0.05, 0.1) is 24.4 Å². The van der Waals surface area contributed by atoms with Gasteiger partial charge in [0.2, 0.25) is 0 Å². The lowest BCUT2D eigenvalue weighted by Crippen LogP contribution is -1.91. The SMILES string of the molecule is Br.COc1cccc(Nc2nc(-c3ccc(OC)c(Br)c3)cs2)c1. The van der Waals surface area contributed by atoms with Crippen LogP contribution in [0, 0.1) is 0 Å². The zero-order valence-electron chi connectivity index (χ0n) is 13.1. The van der Waals surface area contributed by atoms with Crippen molar-refractivity contribution in [3.8, 4) is 22.8 Å². The lowest BCUT2D eigenvalue weighted by molar-refractivity contribution is 0.412. The van der Waals surface area contributed by atoms with Crippen LogP contribution in [0.4, 0.5) is 10.8 Å².